The fourth-order valence-electron chi connectivity index (χ4n) is 0.705. The molecule has 0 atom stereocenters. The van der Waals surface area contributed by atoms with Gasteiger partial charge in [0.05, 0.1) is 5.56 Å². The van der Waals surface area contributed by atoms with Crippen molar-refractivity contribution in [2.45, 2.75) is 0 Å². The normalized spacial score (nSPS) is 8.58. The molecule has 0 unspecified atom stereocenters. The van der Waals surface area contributed by atoms with E-state index < -0.39 is 12.9 Å². The molecule has 0 fully saturated rings. The number of rotatable bonds is 0. The SMILES string of the molecule is OB(O)C#Cc1ccccc1F. The third kappa shape index (κ3) is 2.38. The molecule has 1 aromatic rings. The molecule has 0 aliphatic rings. The summed E-state index contributed by atoms with van der Waals surface area (Å²) in [6.07, 6.45) is 0. The fourth-order valence-corrected chi connectivity index (χ4v) is 0.705. The largest absolute Gasteiger partial charge is 0.545 e. The summed E-state index contributed by atoms with van der Waals surface area (Å²) in [7, 11) is -1.72. The van der Waals surface area contributed by atoms with E-state index in [-0.39, 0.29) is 5.56 Å². The summed E-state index contributed by atoms with van der Waals surface area (Å²) in [5, 5.41) is 16.7. The van der Waals surface area contributed by atoms with Crippen LogP contribution in [-0.4, -0.2) is 17.2 Å². The Morgan fingerprint density at radius 3 is 2.50 bits per heavy atom. The van der Waals surface area contributed by atoms with E-state index in [0.29, 0.717) is 0 Å². The summed E-state index contributed by atoms with van der Waals surface area (Å²) in [4.78, 5) is 0. The predicted molar refractivity (Wildman–Crippen MR) is 43.5 cm³/mol. The molecule has 0 saturated carbocycles. The zero-order valence-corrected chi connectivity index (χ0v) is 6.16. The first kappa shape index (κ1) is 8.79. The third-order valence-electron chi connectivity index (χ3n) is 1.21. The summed E-state index contributed by atoms with van der Waals surface area (Å²) in [6.45, 7) is 0. The zero-order chi connectivity index (χ0) is 8.97. The van der Waals surface area contributed by atoms with Crippen molar-refractivity contribution < 1.29 is 14.4 Å². The highest BCUT2D eigenvalue weighted by molar-refractivity contribution is 6.51. The van der Waals surface area contributed by atoms with Gasteiger partial charge in [-0.2, -0.15) is 0 Å². The topological polar surface area (TPSA) is 40.5 Å². The monoisotopic (exact) mass is 164 g/mol. The van der Waals surface area contributed by atoms with Gasteiger partial charge < -0.3 is 10.0 Å². The second kappa shape index (κ2) is 3.91. The number of benzene rings is 1. The van der Waals surface area contributed by atoms with E-state index in [4.69, 9.17) is 10.0 Å². The summed E-state index contributed by atoms with van der Waals surface area (Å²) in [5.74, 6) is 3.84. The Labute approximate surface area is 69.8 Å². The van der Waals surface area contributed by atoms with Crippen LogP contribution in [0.25, 0.3) is 0 Å². The van der Waals surface area contributed by atoms with Crippen LogP contribution in [0.15, 0.2) is 24.3 Å². The lowest BCUT2D eigenvalue weighted by Crippen LogP contribution is -2.06. The molecule has 0 spiro atoms. The van der Waals surface area contributed by atoms with Gasteiger partial charge in [0, 0.05) is 0 Å². The third-order valence-corrected chi connectivity index (χ3v) is 1.21. The molecule has 0 radical (unpaired) electrons. The lowest BCUT2D eigenvalue weighted by molar-refractivity contribution is 0.427. The zero-order valence-electron chi connectivity index (χ0n) is 6.16. The quantitative estimate of drug-likeness (QED) is 0.424. The van der Waals surface area contributed by atoms with E-state index >= 15 is 0 Å². The molecule has 2 nitrogen and oxygen atoms in total. The Morgan fingerprint density at radius 1 is 1.25 bits per heavy atom. The number of hydrogen-bond acceptors (Lipinski definition) is 2. The van der Waals surface area contributed by atoms with Crippen LogP contribution in [0, 0.1) is 17.6 Å². The minimum Gasteiger partial charge on any atom is -0.416 e. The lowest BCUT2D eigenvalue weighted by atomic mass is 9.93. The van der Waals surface area contributed by atoms with E-state index in [2.05, 4.69) is 5.92 Å². The van der Waals surface area contributed by atoms with Crippen LogP contribution in [0.1, 0.15) is 5.56 Å². The van der Waals surface area contributed by atoms with Gasteiger partial charge in [0.2, 0.25) is 0 Å². The molecule has 0 aliphatic heterocycles. The van der Waals surface area contributed by atoms with Gasteiger partial charge in [-0.25, -0.2) is 4.39 Å². The van der Waals surface area contributed by atoms with E-state index in [1.807, 2.05) is 5.82 Å². The van der Waals surface area contributed by atoms with Crippen LogP contribution < -0.4 is 0 Å². The van der Waals surface area contributed by atoms with Crippen molar-refractivity contribution in [1.82, 2.24) is 0 Å². The van der Waals surface area contributed by atoms with Crippen LogP contribution in [0.3, 0.4) is 0 Å². The second-order valence-electron chi connectivity index (χ2n) is 2.12. The fraction of sp³-hybridized carbons (Fsp3) is 0. The minimum atomic E-state index is -1.72. The Balaban J connectivity index is 2.92. The van der Waals surface area contributed by atoms with E-state index in [0.717, 1.165) is 0 Å². The van der Waals surface area contributed by atoms with E-state index in [9.17, 15) is 4.39 Å². The van der Waals surface area contributed by atoms with Gasteiger partial charge in [0.15, 0.2) is 0 Å². The van der Waals surface area contributed by atoms with Crippen LogP contribution >= 0.6 is 0 Å². The summed E-state index contributed by atoms with van der Waals surface area (Å²) in [5.41, 5.74) is 0.158. The standard InChI is InChI=1S/C8H6BFO2/c10-8-4-2-1-3-7(8)5-6-9(11)12/h1-4,11-12H. The first-order valence-corrected chi connectivity index (χ1v) is 3.32. The van der Waals surface area contributed by atoms with Gasteiger partial charge in [-0.1, -0.05) is 23.9 Å². The molecule has 0 amide bonds. The van der Waals surface area contributed by atoms with Crippen molar-refractivity contribution in [1.29, 1.82) is 0 Å². The first-order valence-electron chi connectivity index (χ1n) is 3.32. The van der Waals surface area contributed by atoms with Gasteiger partial charge >= 0.3 is 7.12 Å². The van der Waals surface area contributed by atoms with Gasteiger partial charge in [0.25, 0.3) is 0 Å². The van der Waals surface area contributed by atoms with Crippen molar-refractivity contribution in [3.05, 3.63) is 35.6 Å². The van der Waals surface area contributed by atoms with Gasteiger partial charge in [0.1, 0.15) is 5.82 Å². The van der Waals surface area contributed by atoms with Crippen molar-refractivity contribution in [3.63, 3.8) is 0 Å². The molecular weight excluding hydrogens is 158 g/mol. The average molecular weight is 164 g/mol. The lowest BCUT2D eigenvalue weighted by Gasteiger charge is -1.90. The molecule has 2 N–H and O–H groups in total. The highest BCUT2D eigenvalue weighted by atomic mass is 19.1. The van der Waals surface area contributed by atoms with Crippen LogP contribution in [0.2, 0.25) is 0 Å². The van der Waals surface area contributed by atoms with Crippen LogP contribution in [0.5, 0.6) is 0 Å². The molecular formula is C8H6BFO2. The molecule has 4 heteroatoms. The minimum absolute atomic E-state index is 0.158. The van der Waals surface area contributed by atoms with Gasteiger partial charge in [-0.3, -0.25) is 0 Å². The number of hydrogen-bond donors (Lipinski definition) is 2. The molecule has 0 bridgehead atoms. The average Bonchev–Trinajstić information content (AvgIpc) is 2.03. The maximum absolute atomic E-state index is 12.8. The molecule has 0 aromatic heterocycles. The van der Waals surface area contributed by atoms with E-state index in [1.54, 1.807) is 6.07 Å². The maximum atomic E-state index is 12.8. The second-order valence-corrected chi connectivity index (χ2v) is 2.12. The Bertz CT molecular complexity index is 327. The van der Waals surface area contributed by atoms with Crippen LogP contribution in [0.4, 0.5) is 4.39 Å². The van der Waals surface area contributed by atoms with Crippen LogP contribution in [-0.2, 0) is 0 Å². The van der Waals surface area contributed by atoms with Gasteiger partial charge in [-0.15, -0.1) is 0 Å². The summed E-state index contributed by atoms with van der Waals surface area (Å²) >= 11 is 0. The van der Waals surface area contributed by atoms with Crippen molar-refractivity contribution in [2.75, 3.05) is 0 Å². The van der Waals surface area contributed by atoms with Crippen molar-refractivity contribution >= 4 is 7.12 Å². The van der Waals surface area contributed by atoms with E-state index in [1.165, 1.54) is 18.2 Å². The van der Waals surface area contributed by atoms with Crippen molar-refractivity contribution in [3.8, 4) is 11.7 Å². The summed E-state index contributed by atoms with van der Waals surface area (Å²) < 4.78 is 12.8. The smallest absolute Gasteiger partial charge is 0.416 e. The van der Waals surface area contributed by atoms with Crippen molar-refractivity contribution in [2.24, 2.45) is 0 Å². The molecule has 12 heavy (non-hydrogen) atoms. The molecule has 1 aromatic carbocycles. The maximum Gasteiger partial charge on any atom is 0.545 e. The predicted octanol–water partition coefficient (Wildman–Crippen LogP) is 0.189. The highest BCUT2D eigenvalue weighted by Crippen LogP contribution is 2.03. The Morgan fingerprint density at radius 2 is 1.92 bits per heavy atom. The molecule has 60 valence electrons. The Kier molecular flexibility index (Phi) is 2.86. The molecule has 0 saturated heterocycles. The highest BCUT2D eigenvalue weighted by Gasteiger charge is 2.00. The molecule has 1 rings (SSSR count). The molecule has 0 heterocycles. The Hall–Kier alpha value is -1.31. The first-order chi connectivity index (χ1) is 5.70. The summed E-state index contributed by atoms with van der Waals surface area (Å²) in [6, 6.07) is 5.88. The molecule has 0 aliphatic carbocycles. The number of halogens is 1. The van der Waals surface area contributed by atoms with Gasteiger partial charge in [-0.05, 0) is 12.1 Å².